The van der Waals surface area contributed by atoms with Crippen LogP contribution in [0.15, 0.2) is 18.2 Å². The molecule has 0 spiro atoms. The van der Waals surface area contributed by atoms with Gasteiger partial charge >= 0.3 is 12.4 Å². The Kier molecular flexibility index (Phi) is 11.7. The highest BCUT2D eigenvalue weighted by Crippen LogP contribution is 2.40. The Morgan fingerprint density at radius 2 is 1.51 bits per heavy atom. The molecule has 0 unspecified atom stereocenters. The summed E-state index contributed by atoms with van der Waals surface area (Å²) in [6, 6.07) is 3.96. The number of pyridine rings is 1. The lowest BCUT2D eigenvalue weighted by molar-refractivity contribution is -0.182. The van der Waals surface area contributed by atoms with Gasteiger partial charge in [0.05, 0.1) is 33.1 Å². The molecule has 19 heteroatoms. The first kappa shape index (κ1) is 40.2. The van der Waals surface area contributed by atoms with Crippen molar-refractivity contribution in [3.63, 3.8) is 0 Å². The van der Waals surface area contributed by atoms with E-state index in [-0.39, 0.29) is 108 Å². The van der Waals surface area contributed by atoms with E-state index in [1.807, 2.05) is 0 Å². The molecular formula is C34H40Cl2F6N8O3. The van der Waals surface area contributed by atoms with Gasteiger partial charge in [-0.15, -0.1) is 0 Å². The molecule has 3 aromatic rings. The van der Waals surface area contributed by atoms with Gasteiger partial charge < -0.3 is 26.6 Å². The van der Waals surface area contributed by atoms with E-state index in [9.17, 15) is 40.7 Å². The maximum atomic E-state index is 13.8. The lowest BCUT2D eigenvalue weighted by Crippen LogP contribution is -2.42. The van der Waals surface area contributed by atoms with Crippen LogP contribution in [0.5, 0.6) is 0 Å². The van der Waals surface area contributed by atoms with Gasteiger partial charge in [0.25, 0.3) is 5.91 Å². The van der Waals surface area contributed by atoms with Crippen LogP contribution in [0.25, 0.3) is 11.2 Å². The molecule has 1 saturated heterocycles. The number of nitrogens with zero attached hydrogens (tertiary/aromatic N) is 4. The fourth-order valence-electron chi connectivity index (χ4n) is 6.49. The number of piperidine rings is 1. The Balaban J connectivity index is 1.53. The van der Waals surface area contributed by atoms with Crippen molar-refractivity contribution in [2.75, 3.05) is 23.3 Å². The maximum absolute atomic E-state index is 13.8. The number of imidazole rings is 1. The van der Waals surface area contributed by atoms with Crippen LogP contribution in [0.3, 0.4) is 0 Å². The fourth-order valence-corrected chi connectivity index (χ4v) is 7.03. The molecule has 3 amide bonds. The molecule has 1 saturated carbocycles. The molecule has 0 atom stereocenters. The molecule has 1 aliphatic heterocycles. The summed E-state index contributed by atoms with van der Waals surface area (Å²) >= 11 is 13.3. The third kappa shape index (κ3) is 9.39. The minimum absolute atomic E-state index is 0.0178. The first-order valence-electron chi connectivity index (χ1n) is 17.0. The number of primary amides is 1. The van der Waals surface area contributed by atoms with Gasteiger partial charge in [-0.2, -0.15) is 26.3 Å². The second-order valence-corrected chi connectivity index (χ2v) is 15.3. The Hall–Kier alpha value is -3.99. The van der Waals surface area contributed by atoms with Crippen molar-refractivity contribution < 1.29 is 40.7 Å². The molecule has 2 fully saturated rings. The van der Waals surface area contributed by atoms with E-state index < -0.39 is 54.0 Å². The van der Waals surface area contributed by atoms with Gasteiger partial charge in [-0.25, -0.2) is 9.97 Å². The van der Waals surface area contributed by atoms with Crippen molar-refractivity contribution in [1.82, 2.24) is 25.2 Å². The smallest absolute Gasteiger partial charge is 0.368 e. The molecule has 3 heterocycles. The number of nitrogens with two attached hydrogens (primary N) is 1. The van der Waals surface area contributed by atoms with E-state index in [1.165, 1.54) is 15.5 Å². The number of carbonyl (C=O) groups excluding carboxylic acids is 3. The van der Waals surface area contributed by atoms with Crippen LogP contribution in [0.4, 0.5) is 43.8 Å². The monoisotopic (exact) mass is 792 g/mol. The highest BCUT2D eigenvalue weighted by Gasteiger charge is 2.43. The van der Waals surface area contributed by atoms with Crippen LogP contribution in [-0.2, 0) is 22.7 Å². The van der Waals surface area contributed by atoms with Crippen molar-refractivity contribution in [3.05, 3.63) is 39.4 Å². The van der Waals surface area contributed by atoms with Crippen molar-refractivity contribution in [2.45, 2.75) is 90.8 Å². The summed E-state index contributed by atoms with van der Waals surface area (Å²) in [5, 5.41) is 8.89. The summed E-state index contributed by atoms with van der Waals surface area (Å²) in [6.07, 6.45) is -9.42. The number of carbonyl (C=O) groups is 3. The third-order valence-corrected chi connectivity index (χ3v) is 10.3. The van der Waals surface area contributed by atoms with Crippen LogP contribution in [0.2, 0.25) is 10.0 Å². The summed E-state index contributed by atoms with van der Waals surface area (Å²) in [7, 11) is 0. The largest absolute Gasteiger partial charge is 0.391 e. The second kappa shape index (κ2) is 15.4. The van der Waals surface area contributed by atoms with Crippen LogP contribution in [0.1, 0.15) is 75.2 Å². The first-order valence-corrected chi connectivity index (χ1v) is 17.8. The summed E-state index contributed by atoms with van der Waals surface area (Å²) in [5.74, 6) is -4.72. The number of amides is 3. The van der Waals surface area contributed by atoms with Gasteiger partial charge in [-0.05, 0) is 56.2 Å². The molecule has 0 radical (unpaired) electrons. The molecule has 5 N–H and O–H groups in total. The van der Waals surface area contributed by atoms with Crippen LogP contribution in [-0.4, -0.2) is 63.7 Å². The third-order valence-electron chi connectivity index (χ3n) is 9.57. The molecule has 1 aromatic carbocycles. The number of nitrogens with one attached hydrogen (secondary N) is 3. The van der Waals surface area contributed by atoms with Crippen molar-refractivity contribution >= 4 is 69.5 Å². The number of hydrogen-bond donors (Lipinski definition) is 4. The summed E-state index contributed by atoms with van der Waals surface area (Å²) in [4.78, 5) is 49.4. The average molecular weight is 794 g/mol. The SMILES string of the molecule is CC(C)(C)C(=O)NCc1ccc(Cl)c(Nc2nc3cc(C(=O)NC4CCC(C(F)(F)F)CC4)c(N4CCC(C(F)(F)F)CC4)nc3n2CC(N)=O)c1Cl. The predicted molar refractivity (Wildman–Crippen MR) is 188 cm³/mol. The topological polar surface area (TPSA) is 147 Å². The summed E-state index contributed by atoms with van der Waals surface area (Å²) in [5.41, 5.74) is 5.69. The Morgan fingerprint density at radius 1 is 0.906 bits per heavy atom. The summed E-state index contributed by atoms with van der Waals surface area (Å²) < 4.78 is 81.8. The minimum atomic E-state index is -4.41. The lowest BCUT2D eigenvalue weighted by atomic mass is 9.85. The van der Waals surface area contributed by atoms with E-state index >= 15 is 0 Å². The van der Waals surface area contributed by atoms with Crippen molar-refractivity contribution in [3.8, 4) is 0 Å². The van der Waals surface area contributed by atoms with E-state index in [0.717, 1.165) is 0 Å². The van der Waals surface area contributed by atoms with Gasteiger partial charge in [0.15, 0.2) is 5.65 Å². The van der Waals surface area contributed by atoms with Crippen molar-refractivity contribution in [1.29, 1.82) is 0 Å². The molecule has 290 valence electrons. The minimum Gasteiger partial charge on any atom is -0.368 e. The Bertz CT molecular complexity index is 1860. The van der Waals surface area contributed by atoms with E-state index in [1.54, 1.807) is 32.9 Å². The number of benzene rings is 1. The van der Waals surface area contributed by atoms with Gasteiger partial charge in [-0.1, -0.05) is 50.0 Å². The zero-order valence-corrected chi connectivity index (χ0v) is 30.7. The first-order chi connectivity index (χ1) is 24.6. The quantitative estimate of drug-likeness (QED) is 0.167. The molecule has 2 aliphatic rings. The molecule has 1 aliphatic carbocycles. The molecule has 2 aromatic heterocycles. The predicted octanol–water partition coefficient (Wildman–Crippen LogP) is 7.26. The standard InChI is InChI=1S/C34H40Cl2F6N8O3/c1-32(2,3)30(53)44-15-17-4-9-22(35)26(25(17)36)47-31-46-23-14-21(29(52)45-20-7-5-18(6-8-20)33(37,38)39)27(48-28(23)50(31)16-24(43)51)49-12-10-19(11-13-49)34(40,41)42/h4,9,14,18-20H,5-8,10-13,15-16H2,1-3H3,(H2,43,51)(H,44,53)(H,45,52)(H,46,47). The van der Waals surface area contributed by atoms with E-state index in [0.29, 0.717) is 5.56 Å². The Labute approximate surface area is 311 Å². The molecule has 5 rings (SSSR count). The molecule has 11 nitrogen and oxygen atoms in total. The van der Waals surface area contributed by atoms with E-state index in [2.05, 4.69) is 25.9 Å². The van der Waals surface area contributed by atoms with Gasteiger partial charge in [0.2, 0.25) is 17.8 Å². The average Bonchev–Trinajstić information content (AvgIpc) is 3.39. The zero-order chi connectivity index (χ0) is 39.0. The van der Waals surface area contributed by atoms with Gasteiger partial charge in [0, 0.05) is 31.1 Å². The van der Waals surface area contributed by atoms with Crippen LogP contribution in [0, 0.1) is 17.3 Å². The van der Waals surface area contributed by atoms with Crippen LogP contribution >= 0.6 is 23.2 Å². The molecular weight excluding hydrogens is 753 g/mol. The van der Waals surface area contributed by atoms with Crippen molar-refractivity contribution in [2.24, 2.45) is 23.0 Å². The van der Waals surface area contributed by atoms with Gasteiger partial charge in [-0.3, -0.25) is 19.0 Å². The van der Waals surface area contributed by atoms with Crippen LogP contribution < -0.4 is 26.6 Å². The number of hydrogen-bond acceptors (Lipinski definition) is 7. The number of aromatic nitrogens is 3. The zero-order valence-electron chi connectivity index (χ0n) is 29.1. The highest BCUT2D eigenvalue weighted by atomic mass is 35.5. The molecule has 53 heavy (non-hydrogen) atoms. The normalized spacial score (nSPS) is 19.0. The maximum Gasteiger partial charge on any atom is 0.391 e. The number of fused-ring (bicyclic) bond motifs is 1. The van der Waals surface area contributed by atoms with Gasteiger partial charge in [0.1, 0.15) is 17.9 Å². The van der Waals surface area contributed by atoms with E-state index in [4.69, 9.17) is 28.9 Å². The second-order valence-electron chi connectivity index (χ2n) is 14.5. The highest BCUT2D eigenvalue weighted by molar-refractivity contribution is 6.39. The number of anilines is 3. The fraction of sp³-hybridized carbons (Fsp3) is 0.559. The Morgan fingerprint density at radius 3 is 2.08 bits per heavy atom. The number of rotatable bonds is 9. The lowest BCUT2D eigenvalue weighted by Gasteiger charge is -2.35. The molecule has 0 bridgehead atoms. The summed E-state index contributed by atoms with van der Waals surface area (Å²) in [6.45, 7) is 4.66. The number of halogens is 8. The number of alkyl halides is 6.